The molecule has 0 saturated carbocycles. The Kier molecular flexibility index (Phi) is 8.16. The first-order valence-corrected chi connectivity index (χ1v) is 7.48. The normalized spacial score (nSPS) is 11.6. The smallest absolute Gasteiger partial charge is 0.191 e. The van der Waals surface area contributed by atoms with E-state index < -0.39 is 0 Å². The van der Waals surface area contributed by atoms with E-state index in [1.165, 1.54) is 5.01 Å². The van der Waals surface area contributed by atoms with Gasteiger partial charge in [0.25, 0.3) is 0 Å². The summed E-state index contributed by atoms with van der Waals surface area (Å²) in [6.45, 7) is 4.42. The van der Waals surface area contributed by atoms with E-state index in [9.17, 15) is 0 Å². The molecular formula is C13H24N4OS. The summed E-state index contributed by atoms with van der Waals surface area (Å²) in [5, 5.41) is 9.81. The van der Waals surface area contributed by atoms with Crippen LogP contribution in [0.5, 0.6) is 0 Å². The summed E-state index contributed by atoms with van der Waals surface area (Å²) < 4.78 is 4.98. The summed E-state index contributed by atoms with van der Waals surface area (Å²) >= 11 is 1.75. The van der Waals surface area contributed by atoms with Crippen LogP contribution in [0, 0.1) is 6.92 Å². The first-order valence-electron chi connectivity index (χ1n) is 6.60. The van der Waals surface area contributed by atoms with Crippen molar-refractivity contribution in [3.05, 3.63) is 16.1 Å². The second kappa shape index (κ2) is 9.75. The Morgan fingerprint density at radius 2 is 2.16 bits per heavy atom. The Bertz CT molecular complexity index is 378. The Morgan fingerprint density at radius 1 is 1.37 bits per heavy atom. The molecule has 0 aliphatic rings. The van der Waals surface area contributed by atoms with Gasteiger partial charge in [-0.1, -0.05) is 0 Å². The molecule has 5 nitrogen and oxygen atoms in total. The van der Waals surface area contributed by atoms with Crippen LogP contribution in [-0.2, 0) is 11.2 Å². The van der Waals surface area contributed by atoms with E-state index in [2.05, 4.69) is 26.0 Å². The van der Waals surface area contributed by atoms with Gasteiger partial charge in [-0.15, -0.1) is 11.3 Å². The second-order valence-corrected chi connectivity index (χ2v) is 5.20. The average molecular weight is 284 g/mol. The van der Waals surface area contributed by atoms with Gasteiger partial charge in [0.15, 0.2) is 5.96 Å². The molecule has 0 radical (unpaired) electrons. The third-order valence-corrected chi connectivity index (χ3v) is 3.63. The first-order chi connectivity index (χ1) is 9.26. The highest BCUT2D eigenvalue weighted by atomic mass is 32.1. The molecule has 1 rings (SSSR count). The fourth-order valence-electron chi connectivity index (χ4n) is 1.62. The SMILES string of the molecule is CN=C(NCCCCc1nc(C)cs1)NCCOC. The number of ether oxygens (including phenoxy) is 1. The number of methoxy groups -OCH3 is 1. The predicted octanol–water partition coefficient (Wildman–Crippen LogP) is 1.59. The third-order valence-electron chi connectivity index (χ3n) is 2.60. The molecule has 108 valence electrons. The molecule has 1 aromatic rings. The van der Waals surface area contributed by atoms with Crippen molar-refractivity contribution in [1.29, 1.82) is 0 Å². The molecule has 6 heteroatoms. The van der Waals surface area contributed by atoms with Crippen LogP contribution in [0.3, 0.4) is 0 Å². The van der Waals surface area contributed by atoms with Crippen LogP contribution in [0.1, 0.15) is 23.5 Å². The lowest BCUT2D eigenvalue weighted by Crippen LogP contribution is -2.39. The van der Waals surface area contributed by atoms with Gasteiger partial charge in [-0.3, -0.25) is 4.99 Å². The van der Waals surface area contributed by atoms with E-state index in [4.69, 9.17) is 4.74 Å². The average Bonchev–Trinajstić information content (AvgIpc) is 2.82. The quantitative estimate of drug-likeness (QED) is 0.432. The fourth-order valence-corrected chi connectivity index (χ4v) is 2.44. The maximum Gasteiger partial charge on any atom is 0.191 e. The maximum absolute atomic E-state index is 4.98. The molecule has 2 N–H and O–H groups in total. The fraction of sp³-hybridized carbons (Fsp3) is 0.692. The van der Waals surface area contributed by atoms with Gasteiger partial charge >= 0.3 is 0 Å². The van der Waals surface area contributed by atoms with Crippen molar-refractivity contribution in [2.45, 2.75) is 26.2 Å². The highest BCUT2D eigenvalue weighted by Gasteiger charge is 1.99. The Morgan fingerprint density at radius 3 is 2.79 bits per heavy atom. The lowest BCUT2D eigenvalue weighted by Gasteiger charge is -2.11. The zero-order valence-corrected chi connectivity index (χ0v) is 12.8. The zero-order chi connectivity index (χ0) is 13.9. The lowest BCUT2D eigenvalue weighted by atomic mass is 10.2. The molecule has 0 unspecified atom stereocenters. The molecule has 0 bridgehead atoms. The molecule has 0 saturated heterocycles. The van der Waals surface area contributed by atoms with Crippen LogP contribution in [0.2, 0.25) is 0 Å². The molecule has 1 aromatic heterocycles. The number of nitrogens with one attached hydrogen (secondary N) is 2. The Labute approximate surface area is 119 Å². The number of rotatable bonds is 8. The van der Waals surface area contributed by atoms with E-state index in [-0.39, 0.29) is 0 Å². The van der Waals surface area contributed by atoms with Gasteiger partial charge in [0.2, 0.25) is 0 Å². The van der Waals surface area contributed by atoms with E-state index >= 15 is 0 Å². The number of thiazole rings is 1. The van der Waals surface area contributed by atoms with Gasteiger partial charge in [-0.2, -0.15) is 0 Å². The van der Waals surface area contributed by atoms with Crippen molar-refractivity contribution < 1.29 is 4.74 Å². The van der Waals surface area contributed by atoms with Crippen LogP contribution >= 0.6 is 11.3 Å². The van der Waals surface area contributed by atoms with Crippen LogP contribution in [0.25, 0.3) is 0 Å². The molecule has 0 fully saturated rings. The van der Waals surface area contributed by atoms with Crippen molar-refractivity contribution >= 4 is 17.3 Å². The number of nitrogens with zero attached hydrogens (tertiary/aromatic N) is 2. The highest BCUT2D eigenvalue weighted by Crippen LogP contribution is 2.11. The van der Waals surface area contributed by atoms with Gasteiger partial charge in [-0.05, 0) is 26.2 Å². The minimum atomic E-state index is 0.685. The van der Waals surface area contributed by atoms with Crippen molar-refractivity contribution in [2.24, 2.45) is 4.99 Å². The van der Waals surface area contributed by atoms with Gasteiger partial charge in [0.05, 0.1) is 11.6 Å². The number of hydrogen-bond donors (Lipinski definition) is 2. The van der Waals surface area contributed by atoms with Crippen molar-refractivity contribution in [2.75, 3.05) is 33.9 Å². The van der Waals surface area contributed by atoms with Crippen molar-refractivity contribution in [3.8, 4) is 0 Å². The molecule has 0 spiro atoms. The summed E-state index contributed by atoms with van der Waals surface area (Å²) in [5.41, 5.74) is 1.13. The number of unbranched alkanes of at least 4 members (excludes halogenated alkanes) is 1. The molecule has 0 aliphatic carbocycles. The largest absolute Gasteiger partial charge is 0.383 e. The minimum Gasteiger partial charge on any atom is -0.383 e. The van der Waals surface area contributed by atoms with Crippen molar-refractivity contribution in [3.63, 3.8) is 0 Å². The number of aromatic nitrogens is 1. The number of guanidine groups is 1. The zero-order valence-electron chi connectivity index (χ0n) is 12.0. The molecular weight excluding hydrogens is 260 g/mol. The number of aryl methyl sites for hydroxylation is 2. The van der Waals surface area contributed by atoms with Gasteiger partial charge in [0, 0.05) is 38.3 Å². The monoisotopic (exact) mass is 284 g/mol. The van der Waals surface area contributed by atoms with E-state index in [1.54, 1.807) is 25.5 Å². The van der Waals surface area contributed by atoms with E-state index in [0.717, 1.165) is 44.0 Å². The molecule has 1 heterocycles. The maximum atomic E-state index is 4.98. The highest BCUT2D eigenvalue weighted by molar-refractivity contribution is 7.09. The molecule has 0 aliphatic heterocycles. The standard InChI is InChI=1S/C13H24N4OS/c1-11-10-19-12(17-11)6-4-5-7-15-13(14-2)16-8-9-18-3/h10H,4-9H2,1-3H3,(H2,14,15,16). The number of aliphatic imine (C=N–C) groups is 1. The lowest BCUT2D eigenvalue weighted by molar-refractivity contribution is 0.203. The first kappa shape index (κ1) is 15.9. The van der Waals surface area contributed by atoms with Gasteiger partial charge in [0.1, 0.15) is 0 Å². The van der Waals surface area contributed by atoms with E-state index in [1.807, 2.05) is 6.92 Å². The van der Waals surface area contributed by atoms with Crippen LogP contribution in [-0.4, -0.2) is 44.8 Å². The van der Waals surface area contributed by atoms with Gasteiger partial charge in [-0.25, -0.2) is 4.98 Å². The summed E-state index contributed by atoms with van der Waals surface area (Å²) in [6, 6.07) is 0. The Balaban J connectivity index is 2.05. The van der Waals surface area contributed by atoms with Crippen LogP contribution < -0.4 is 10.6 Å². The summed E-state index contributed by atoms with van der Waals surface area (Å²) in [7, 11) is 3.47. The molecule has 0 aromatic carbocycles. The summed E-state index contributed by atoms with van der Waals surface area (Å²) in [6.07, 6.45) is 3.33. The third kappa shape index (κ3) is 7.12. The second-order valence-electron chi connectivity index (χ2n) is 4.26. The van der Waals surface area contributed by atoms with E-state index in [0.29, 0.717) is 6.61 Å². The molecule has 0 amide bonds. The molecule has 19 heavy (non-hydrogen) atoms. The minimum absolute atomic E-state index is 0.685. The predicted molar refractivity (Wildman–Crippen MR) is 81.0 cm³/mol. The van der Waals surface area contributed by atoms with Crippen molar-refractivity contribution in [1.82, 2.24) is 15.6 Å². The summed E-state index contributed by atoms with van der Waals surface area (Å²) in [4.78, 5) is 8.61. The van der Waals surface area contributed by atoms with Gasteiger partial charge < -0.3 is 15.4 Å². The topological polar surface area (TPSA) is 58.5 Å². The summed E-state index contributed by atoms with van der Waals surface area (Å²) in [5.74, 6) is 0.835. The Hall–Kier alpha value is -1.14. The molecule has 0 atom stereocenters. The van der Waals surface area contributed by atoms with Crippen LogP contribution in [0.4, 0.5) is 0 Å². The van der Waals surface area contributed by atoms with Crippen LogP contribution in [0.15, 0.2) is 10.4 Å². The number of hydrogen-bond acceptors (Lipinski definition) is 4.